The maximum Gasteiger partial charge on any atom is 0.306 e. The van der Waals surface area contributed by atoms with Gasteiger partial charge in [-0.3, -0.25) is 4.79 Å². The molecule has 0 heterocycles. The van der Waals surface area contributed by atoms with E-state index in [2.05, 4.69) is 5.32 Å². The lowest BCUT2D eigenvalue weighted by molar-refractivity contribution is -0.143. The Labute approximate surface area is 84.3 Å². The van der Waals surface area contributed by atoms with E-state index in [1.807, 2.05) is 6.92 Å². The summed E-state index contributed by atoms with van der Waals surface area (Å²) in [5.74, 6) is -0.889. The lowest BCUT2D eigenvalue weighted by atomic mass is 9.85. The number of aliphatic carboxylic acids is 1. The molecule has 0 aromatic rings. The number of carbonyl (C=O) groups is 1. The summed E-state index contributed by atoms with van der Waals surface area (Å²) in [6.45, 7) is 2.01. The van der Waals surface area contributed by atoms with Crippen LogP contribution in [0.15, 0.2) is 0 Å². The fourth-order valence-corrected chi connectivity index (χ4v) is 2.02. The fourth-order valence-electron chi connectivity index (χ4n) is 2.02. The number of rotatable bonds is 4. The van der Waals surface area contributed by atoms with Crippen LogP contribution in [0.4, 0.5) is 0 Å². The quantitative estimate of drug-likeness (QED) is 0.623. The Morgan fingerprint density at radius 2 is 2.29 bits per heavy atom. The molecule has 0 bridgehead atoms. The molecule has 1 saturated carbocycles. The summed E-state index contributed by atoms with van der Waals surface area (Å²) in [5, 5.41) is 21.0. The van der Waals surface area contributed by atoms with Crippen LogP contribution in [0.2, 0.25) is 0 Å². The predicted molar refractivity (Wildman–Crippen MR) is 53.1 cm³/mol. The molecule has 0 amide bonds. The van der Waals surface area contributed by atoms with E-state index in [4.69, 9.17) is 10.2 Å². The van der Waals surface area contributed by atoms with Gasteiger partial charge in [-0.2, -0.15) is 0 Å². The molecule has 0 saturated heterocycles. The van der Waals surface area contributed by atoms with Gasteiger partial charge in [-0.25, -0.2) is 0 Å². The lowest BCUT2D eigenvalue weighted by Crippen LogP contribution is -2.42. The highest BCUT2D eigenvalue weighted by Crippen LogP contribution is 2.24. The number of carboxylic acids is 1. The third kappa shape index (κ3) is 3.27. The first kappa shape index (κ1) is 11.5. The molecule has 4 heteroatoms. The van der Waals surface area contributed by atoms with Crippen molar-refractivity contribution in [2.45, 2.75) is 44.7 Å². The van der Waals surface area contributed by atoms with Gasteiger partial charge in [0.2, 0.25) is 0 Å². The van der Waals surface area contributed by atoms with Crippen molar-refractivity contribution in [1.82, 2.24) is 5.32 Å². The van der Waals surface area contributed by atoms with Gasteiger partial charge >= 0.3 is 5.97 Å². The van der Waals surface area contributed by atoms with E-state index >= 15 is 0 Å². The van der Waals surface area contributed by atoms with E-state index in [0.717, 1.165) is 19.3 Å². The summed E-state index contributed by atoms with van der Waals surface area (Å²) in [4.78, 5) is 10.8. The van der Waals surface area contributed by atoms with E-state index in [1.54, 1.807) is 0 Å². The van der Waals surface area contributed by atoms with E-state index < -0.39 is 5.97 Å². The minimum atomic E-state index is -0.687. The van der Waals surface area contributed by atoms with Crippen molar-refractivity contribution in [2.75, 3.05) is 6.61 Å². The zero-order valence-corrected chi connectivity index (χ0v) is 8.57. The molecule has 0 aromatic carbocycles. The minimum absolute atomic E-state index is 0.0625. The van der Waals surface area contributed by atoms with Crippen LogP contribution in [0.3, 0.4) is 0 Å². The molecule has 82 valence electrons. The van der Waals surface area contributed by atoms with E-state index in [0.29, 0.717) is 6.42 Å². The van der Waals surface area contributed by atoms with Crippen molar-refractivity contribution >= 4 is 5.97 Å². The Hall–Kier alpha value is -0.610. The van der Waals surface area contributed by atoms with E-state index in [-0.39, 0.29) is 24.6 Å². The van der Waals surface area contributed by atoms with Crippen LogP contribution in [-0.2, 0) is 4.79 Å². The average molecular weight is 201 g/mol. The van der Waals surface area contributed by atoms with Crippen LogP contribution in [-0.4, -0.2) is 34.9 Å². The Kier molecular flexibility index (Phi) is 4.35. The summed E-state index contributed by atoms with van der Waals surface area (Å²) < 4.78 is 0. The van der Waals surface area contributed by atoms with Crippen LogP contribution in [0.25, 0.3) is 0 Å². The van der Waals surface area contributed by atoms with Gasteiger partial charge in [0.1, 0.15) is 0 Å². The topological polar surface area (TPSA) is 69.6 Å². The molecule has 14 heavy (non-hydrogen) atoms. The van der Waals surface area contributed by atoms with Gasteiger partial charge in [0.05, 0.1) is 12.5 Å². The second-order valence-electron chi connectivity index (χ2n) is 4.15. The van der Waals surface area contributed by atoms with Crippen molar-refractivity contribution in [2.24, 2.45) is 5.92 Å². The summed E-state index contributed by atoms with van der Waals surface area (Å²) in [5.41, 5.74) is 0. The molecule has 1 aliphatic rings. The van der Waals surface area contributed by atoms with Crippen molar-refractivity contribution in [3.63, 3.8) is 0 Å². The van der Waals surface area contributed by atoms with Crippen molar-refractivity contribution in [1.29, 1.82) is 0 Å². The first-order valence-electron chi connectivity index (χ1n) is 5.23. The maximum absolute atomic E-state index is 10.8. The van der Waals surface area contributed by atoms with Gasteiger partial charge in [-0.05, 0) is 26.2 Å². The van der Waals surface area contributed by atoms with Crippen LogP contribution < -0.4 is 5.32 Å². The van der Waals surface area contributed by atoms with Gasteiger partial charge in [0.25, 0.3) is 0 Å². The molecule has 3 N–H and O–H groups in total. The first-order chi connectivity index (χ1) is 6.63. The SMILES string of the molecule is C[C@H](CO)NC1CCCC(C(=O)O)C1. The minimum Gasteiger partial charge on any atom is -0.481 e. The molecule has 4 nitrogen and oxygen atoms in total. The molecule has 1 fully saturated rings. The Morgan fingerprint density at radius 3 is 2.86 bits per heavy atom. The predicted octanol–water partition coefficient (Wildman–Crippen LogP) is 0.600. The van der Waals surface area contributed by atoms with E-state index in [9.17, 15) is 4.79 Å². The molecule has 1 aliphatic carbocycles. The van der Waals surface area contributed by atoms with E-state index in [1.165, 1.54) is 0 Å². The van der Waals surface area contributed by atoms with Crippen LogP contribution in [0.1, 0.15) is 32.6 Å². The summed E-state index contributed by atoms with van der Waals surface area (Å²) >= 11 is 0. The smallest absolute Gasteiger partial charge is 0.306 e. The second-order valence-corrected chi connectivity index (χ2v) is 4.15. The molecule has 0 aliphatic heterocycles. The van der Waals surface area contributed by atoms with Gasteiger partial charge in [0.15, 0.2) is 0 Å². The highest BCUT2D eigenvalue weighted by Gasteiger charge is 2.27. The molecule has 3 atom stereocenters. The fraction of sp³-hybridized carbons (Fsp3) is 0.900. The summed E-state index contributed by atoms with van der Waals surface area (Å²) in [6.07, 6.45) is 3.47. The third-order valence-electron chi connectivity index (χ3n) is 2.82. The number of aliphatic hydroxyl groups is 1. The monoisotopic (exact) mass is 201 g/mol. The van der Waals surface area contributed by atoms with Gasteiger partial charge in [-0.1, -0.05) is 6.42 Å². The largest absolute Gasteiger partial charge is 0.481 e. The molecule has 2 unspecified atom stereocenters. The highest BCUT2D eigenvalue weighted by molar-refractivity contribution is 5.70. The van der Waals surface area contributed by atoms with Crippen LogP contribution in [0.5, 0.6) is 0 Å². The van der Waals surface area contributed by atoms with Crippen molar-refractivity contribution in [3.05, 3.63) is 0 Å². The number of hydrogen-bond acceptors (Lipinski definition) is 3. The van der Waals surface area contributed by atoms with Crippen molar-refractivity contribution in [3.8, 4) is 0 Å². The Bertz CT molecular complexity index is 196. The van der Waals surface area contributed by atoms with Crippen molar-refractivity contribution < 1.29 is 15.0 Å². The van der Waals surface area contributed by atoms with Crippen LogP contribution >= 0.6 is 0 Å². The summed E-state index contributed by atoms with van der Waals surface area (Å²) in [7, 11) is 0. The standard InChI is InChI=1S/C10H19NO3/c1-7(6-12)11-9-4-2-3-8(5-9)10(13)14/h7-9,11-12H,2-6H2,1H3,(H,13,14)/t7-,8?,9?/m1/s1. The Balaban J connectivity index is 2.36. The second kappa shape index (κ2) is 5.32. The summed E-state index contributed by atoms with van der Waals surface area (Å²) in [6, 6.07) is 0.319. The first-order valence-corrected chi connectivity index (χ1v) is 5.23. The normalized spacial score (nSPS) is 29.9. The number of aliphatic hydroxyl groups excluding tert-OH is 1. The maximum atomic E-state index is 10.8. The zero-order valence-electron chi connectivity index (χ0n) is 8.57. The van der Waals surface area contributed by atoms with Gasteiger partial charge in [0, 0.05) is 12.1 Å². The molecular weight excluding hydrogens is 182 g/mol. The van der Waals surface area contributed by atoms with Gasteiger partial charge in [-0.15, -0.1) is 0 Å². The molecule has 0 radical (unpaired) electrons. The molecule has 1 rings (SSSR count). The third-order valence-corrected chi connectivity index (χ3v) is 2.82. The van der Waals surface area contributed by atoms with Gasteiger partial charge < -0.3 is 15.5 Å². The van der Waals surface area contributed by atoms with Crippen LogP contribution in [0, 0.1) is 5.92 Å². The number of hydrogen-bond donors (Lipinski definition) is 3. The number of carboxylic acid groups (broad SMARTS) is 1. The highest BCUT2D eigenvalue weighted by atomic mass is 16.4. The molecule has 0 aromatic heterocycles. The zero-order chi connectivity index (χ0) is 10.6. The number of nitrogens with one attached hydrogen (secondary N) is 1. The lowest BCUT2D eigenvalue weighted by Gasteiger charge is -2.29. The molecule has 0 spiro atoms. The average Bonchev–Trinajstić information content (AvgIpc) is 2.18. The molecular formula is C10H19NO3. The Morgan fingerprint density at radius 1 is 1.57 bits per heavy atom.